The first-order chi connectivity index (χ1) is 8.20. The third-order valence-corrected chi connectivity index (χ3v) is 1.68. The van der Waals surface area contributed by atoms with Gasteiger partial charge in [0, 0.05) is 11.6 Å². The van der Waals surface area contributed by atoms with E-state index in [9.17, 15) is 9.59 Å². The zero-order valence-electron chi connectivity index (χ0n) is 11.7. The number of hydrogen-bond acceptors (Lipinski definition) is 3. The molecule has 0 amide bonds. The van der Waals surface area contributed by atoms with Crippen molar-refractivity contribution in [3.8, 4) is 0 Å². The molecule has 0 aliphatic carbocycles. The molecule has 0 unspecified atom stereocenters. The van der Waals surface area contributed by atoms with Gasteiger partial charge in [0.05, 0.1) is 6.61 Å². The largest absolute Gasteiger partial charge is 0.478 e. The lowest BCUT2D eigenvalue weighted by atomic mass is 10.1. The van der Waals surface area contributed by atoms with Gasteiger partial charge < -0.3 is 9.84 Å². The molecule has 0 aromatic carbocycles. The fourth-order valence-corrected chi connectivity index (χ4v) is 0.888. The summed E-state index contributed by atoms with van der Waals surface area (Å²) < 4.78 is 4.70. The van der Waals surface area contributed by atoms with Crippen molar-refractivity contribution in [3.05, 3.63) is 24.8 Å². The molecule has 4 nitrogen and oxygen atoms in total. The third-order valence-electron chi connectivity index (χ3n) is 1.68. The number of carboxylic acid groups (broad SMARTS) is 1. The molecular weight excluding hydrogens is 232 g/mol. The van der Waals surface area contributed by atoms with E-state index in [-0.39, 0.29) is 5.97 Å². The van der Waals surface area contributed by atoms with Crippen molar-refractivity contribution in [3.63, 3.8) is 0 Å². The highest BCUT2D eigenvalue weighted by molar-refractivity contribution is 5.85. The first-order valence-electron chi connectivity index (χ1n) is 5.90. The van der Waals surface area contributed by atoms with Crippen molar-refractivity contribution in [1.29, 1.82) is 0 Å². The van der Waals surface area contributed by atoms with Gasteiger partial charge in [0.2, 0.25) is 0 Å². The second kappa shape index (κ2) is 10.6. The van der Waals surface area contributed by atoms with Crippen LogP contribution in [0.4, 0.5) is 0 Å². The molecule has 0 aliphatic rings. The van der Waals surface area contributed by atoms with Crippen LogP contribution in [0.1, 0.15) is 34.1 Å². The Labute approximate surface area is 109 Å². The SMILES string of the molecule is C=C(CC(C)C)C(=O)O.C=CC(=O)OCC(C)C. The van der Waals surface area contributed by atoms with Gasteiger partial charge in [-0.25, -0.2) is 9.59 Å². The van der Waals surface area contributed by atoms with Gasteiger partial charge in [0.25, 0.3) is 0 Å². The second-order valence-corrected chi connectivity index (χ2v) is 4.73. The van der Waals surface area contributed by atoms with Crippen molar-refractivity contribution in [2.75, 3.05) is 6.61 Å². The van der Waals surface area contributed by atoms with Gasteiger partial charge in [-0.3, -0.25) is 0 Å². The third kappa shape index (κ3) is 14.4. The Bertz CT molecular complexity index is 288. The molecule has 0 heterocycles. The lowest BCUT2D eigenvalue weighted by molar-refractivity contribution is -0.138. The number of carbonyl (C=O) groups excluding carboxylic acids is 1. The minimum Gasteiger partial charge on any atom is -0.478 e. The van der Waals surface area contributed by atoms with Crippen LogP contribution in [0, 0.1) is 11.8 Å². The normalized spacial score (nSPS) is 9.44. The maximum atomic E-state index is 10.4. The van der Waals surface area contributed by atoms with Crippen molar-refractivity contribution in [1.82, 2.24) is 0 Å². The van der Waals surface area contributed by atoms with Crippen LogP contribution in [0.2, 0.25) is 0 Å². The van der Waals surface area contributed by atoms with Crippen LogP contribution in [0.25, 0.3) is 0 Å². The first-order valence-corrected chi connectivity index (χ1v) is 5.90. The Morgan fingerprint density at radius 3 is 1.94 bits per heavy atom. The number of hydrogen-bond donors (Lipinski definition) is 1. The molecule has 0 saturated carbocycles. The Hall–Kier alpha value is -1.58. The maximum Gasteiger partial charge on any atom is 0.330 e. The number of aliphatic carboxylic acids is 1. The Morgan fingerprint density at radius 1 is 1.22 bits per heavy atom. The molecule has 1 N–H and O–H groups in total. The zero-order chi connectivity index (χ0) is 14.7. The van der Waals surface area contributed by atoms with E-state index in [1.165, 1.54) is 6.08 Å². The minimum atomic E-state index is -0.885. The van der Waals surface area contributed by atoms with Crippen LogP contribution in [0.3, 0.4) is 0 Å². The fraction of sp³-hybridized carbons (Fsp3) is 0.571. The minimum absolute atomic E-state index is 0.296. The highest BCUT2D eigenvalue weighted by Gasteiger charge is 2.04. The summed E-state index contributed by atoms with van der Waals surface area (Å²) in [6.45, 7) is 15.0. The topological polar surface area (TPSA) is 63.6 Å². The van der Waals surface area contributed by atoms with Gasteiger partial charge in [-0.1, -0.05) is 40.9 Å². The van der Waals surface area contributed by atoms with E-state index in [0.29, 0.717) is 30.4 Å². The summed E-state index contributed by atoms with van der Waals surface area (Å²) in [5, 5.41) is 8.33. The number of rotatable bonds is 6. The monoisotopic (exact) mass is 256 g/mol. The van der Waals surface area contributed by atoms with E-state index in [1.54, 1.807) is 0 Å². The van der Waals surface area contributed by atoms with Crippen LogP contribution in [-0.2, 0) is 14.3 Å². The lowest BCUT2D eigenvalue weighted by Crippen LogP contribution is -2.06. The van der Waals surface area contributed by atoms with Crippen LogP contribution >= 0.6 is 0 Å². The number of carbonyl (C=O) groups is 2. The molecule has 18 heavy (non-hydrogen) atoms. The molecular formula is C14H24O4. The maximum absolute atomic E-state index is 10.4. The molecule has 0 radical (unpaired) electrons. The highest BCUT2D eigenvalue weighted by Crippen LogP contribution is 2.07. The van der Waals surface area contributed by atoms with Crippen molar-refractivity contribution < 1.29 is 19.4 Å². The van der Waals surface area contributed by atoms with Gasteiger partial charge in [-0.05, 0) is 18.3 Å². The fourth-order valence-electron chi connectivity index (χ4n) is 0.888. The second-order valence-electron chi connectivity index (χ2n) is 4.73. The van der Waals surface area contributed by atoms with E-state index in [2.05, 4.69) is 13.2 Å². The lowest BCUT2D eigenvalue weighted by Gasteiger charge is -2.02. The summed E-state index contributed by atoms with van der Waals surface area (Å²) in [5.41, 5.74) is 0.296. The molecule has 0 aromatic heterocycles. The van der Waals surface area contributed by atoms with Crippen LogP contribution < -0.4 is 0 Å². The van der Waals surface area contributed by atoms with Crippen molar-refractivity contribution >= 4 is 11.9 Å². The molecule has 0 spiro atoms. The molecule has 0 fully saturated rings. The van der Waals surface area contributed by atoms with Gasteiger partial charge in [-0.15, -0.1) is 0 Å². The van der Waals surface area contributed by atoms with E-state index in [0.717, 1.165) is 0 Å². The molecule has 0 bridgehead atoms. The first kappa shape index (κ1) is 18.8. The summed E-state index contributed by atoms with van der Waals surface area (Å²) in [4.78, 5) is 20.5. The number of carboxylic acids is 1. The molecule has 104 valence electrons. The summed E-state index contributed by atoms with van der Waals surface area (Å²) in [5.74, 6) is -0.449. The Morgan fingerprint density at radius 2 is 1.72 bits per heavy atom. The average molecular weight is 256 g/mol. The molecule has 0 aromatic rings. The molecule has 0 saturated heterocycles. The molecule has 0 atom stereocenters. The number of ether oxygens (including phenoxy) is 1. The quantitative estimate of drug-likeness (QED) is 0.586. The van der Waals surface area contributed by atoms with Crippen molar-refractivity contribution in [2.24, 2.45) is 11.8 Å². The van der Waals surface area contributed by atoms with Crippen LogP contribution in [0.15, 0.2) is 24.8 Å². The molecule has 0 rings (SSSR count). The zero-order valence-corrected chi connectivity index (χ0v) is 11.7. The van der Waals surface area contributed by atoms with Crippen LogP contribution in [-0.4, -0.2) is 23.7 Å². The summed E-state index contributed by atoms with van der Waals surface area (Å²) >= 11 is 0. The smallest absolute Gasteiger partial charge is 0.330 e. The molecule has 0 aliphatic heterocycles. The van der Waals surface area contributed by atoms with E-state index < -0.39 is 5.97 Å². The Balaban J connectivity index is 0. The predicted octanol–water partition coefficient (Wildman–Crippen LogP) is 3.04. The van der Waals surface area contributed by atoms with Gasteiger partial charge in [-0.2, -0.15) is 0 Å². The average Bonchev–Trinajstić information content (AvgIpc) is 2.25. The van der Waals surface area contributed by atoms with E-state index in [4.69, 9.17) is 9.84 Å². The summed E-state index contributed by atoms with van der Waals surface area (Å²) in [7, 11) is 0. The van der Waals surface area contributed by atoms with E-state index >= 15 is 0 Å². The highest BCUT2D eigenvalue weighted by atomic mass is 16.5. The molecule has 4 heteroatoms. The van der Waals surface area contributed by atoms with Gasteiger partial charge in [0.15, 0.2) is 0 Å². The predicted molar refractivity (Wildman–Crippen MR) is 72.2 cm³/mol. The standard InChI is InChI=1S/2C7H12O2/c1-5(2)4-6(3)7(8)9;1-4-7(8)9-5-6(2)3/h5H,3-4H2,1-2H3,(H,8,9);4,6H,1,5H2,2-3H3. The van der Waals surface area contributed by atoms with Crippen LogP contribution in [0.5, 0.6) is 0 Å². The van der Waals surface area contributed by atoms with E-state index in [1.807, 2.05) is 27.7 Å². The Kier molecular flexibility index (Phi) is 11.0. The summed E-state index contributed by atoms with van der Waals surface area (Å²) in [6, 6.07) is 0. The van der Waals surface area contributed by atoms with Crippen molar-refractivity contribution in [2.45, 2.75) is 34.1 Å². The van der Waals surface area contributed by atoms with Gasteiger partial charge >= 0.3 is 11.9 Å². The number of esters is 1. The van der Waals surface area contributed by atoms with Gasteiger partial charge in [0.1, 0.15) is 0 Å². The summed E-state index contributed by atoms with van der Waals surface area (Å²) in [6.07, 6.45) is 1.75.